The lowest BCUT2D eigenvalue weighted by molar-refractivity contribution is -0.0537. The summed E-state index contributed by atoms with van der Waals surface area (Å²) in [5, 5.41) is 25.2. The Hall–Kier alpha value is -5.55. The summed E-state index contributed by atoms with van der Waals surface area (Å²) in [7, 11) is 3.53. The predicted octanol–water partition coefficient (Wildman–Crippen LogP) is 6.22. The highest BCUT2D eigenvalue weighted by Crippen LogP contribution is 2.50. The zero-order valence-electron chi connectivity index (χ0n) is 49.6. The van der Waals surface area contributed by atoms with E-state index in [1.54, 1.807) is 118 Å². The number of amides is 2. The zero-order chi connectivity index (χ0) is 62.1. The van der Waals surface area contributed by atoms with Gasteiger partial charge in [-0.25, -0.2) is 21.0 Å². The van der Waals surface area contributed by atoms with Crippen molar-refractivity contribution in [3.05, 3.63) is 151 Å². The summed E-state index contributed by atoms with van der Waals surface area (Å²) in [6, 6.07) is 22.2. The number of aliphatic hydroxyl groups excluding tert-OH is 2. The summed E-state index contributed by atoms with van der Waals surface area (Å²) in [6.07, 6.45) is 4.01. The summed E-state index contributed by atoms with van der Waals surface area (Å²) in [6.45, 7) is 17.6. The van der Waals surface area contributed by atoms with Gasteiger partial charge in [-0.2, -0.15) is 15.0 Å². The van der Waals surface area contributed by atoms with Gasteiger partial charge in [0.25, 0.3) is 11.8 Å². The van der Waals surface area contributed by atoms with Crippen molar-refractivity contribution in [2.75, 3.05) is 97.2 Å². The molecule has 0 spiro atoms. The number of nitrogens with one attached hydrogen (secondary N) is 2. The molecule has 2 amide bonds. The maximum Gasteiger partial charge on any atom is 0.350 e. The van der Waals surface area contributed by atoms with E-state index in [4.69, 9.17) is 49.8 Å². The van der Waals surface area contributed by atoms with Gasteiger partial charge in [0, 0.05) is 81.9 Å². The molecule has 3 fully saturated rings. The number of anilines is 3. The Morgan fingerprint density at radius 1 is 0.591 bits per heavy atom. The average Bonchev–Trinajstić information content (AvgIpc) is 2.28. The van der Waals surface area contributed by atoms with Gasteiger partial charge in [0.15, 0.2) is 8.38 Å². The van der Waals surface area contributed by atoms with Crippen molar-refractivity contribution < 1.29 is 57.3 Å². The number of carbonyl (C=O) groups is 2. The van der Waals surface area contributed by atoms with Gasteiger partial charge < -0.3 is 68.9 Å². The van der Waals surface area contributed by atoms with Gasteiger partial charge in [0.05, 0.1) is 51.8 Å². The first kappa shape index (κ1) is 74.9. The molecule has 3 aromatic heterocycles. The van der Waals surface area contributed by atoms with Crippen molar-refractivity contribution in [2.45, 2.75) is 116 Å². The largest absolute Gasteiger partial charge is 0.389 e. The molecule has 0 aliphatic carbocycles. The average molecular weight is 1300 g/mol. The third-order valence-electron chi connectivity index (χ3n) is 13.5. The summed E-state index contributed by atoms with van der Waals surface area (Å²) in [5.74, 6) is -0.149. The van der Waals surface area contributed by atoms with Crippen LogP contribution in [0.5, 0.6) is 0 Å². The van der Waals surface area contributed by atoms with Crippen LogP contribution in [0.25, 0.3) is 4.85 Å². The fourth-order valence-electron chi connectivity index (χ4n) is 9.23. The second-order valence-corrected chi connectivity index (χ2v) is 24.7. The SMILES string of the molecule is C.CC[C@H]1S[C@@H](n2ccc(N)nc2=O)C(OCCOC)[C@H]1O.CC[C@H]1S[C@@H](n2ccc(NC(=O)c3ccccc3)nc2=O)C(OCCOC)[C@H]1O.[B].[C-]#[N+]CCOP(C)O[C@@H]1C(OCCOC)[C@H](n2ccc(NC(=O)c3ccccc3)nc2=O)S[C@@H]1CC. The molecule has 25 nitrogen and oxygen atoms in total. The van der Waals surface area contributed by atoms with E-state index in [-0.39, 0.29) is 84.3 Å². The fourth-order valence-corrected chi connectivity index (χ4v) is 15.0. The number of nitrogen functional groups attached to an aromatic ring is 1. The summed E-state index contributed by atoms with van der Waals surface area (Å²) in [5.41, 5.74) is 5.01. The Kier molecular flexibility index (Phi) is 33.1. The molecular weight excluding hydrogens is 1210 g/mol. The maximum absolute atomic E-state index is 13.0. The lowest BCUT2D eigenvalue weighted by Crippen LogP contribution is -2.39. The van der Waals surface area contributed by atoms with Gasteiger partial charge in [-0.15, -0.1) is 35.3 Å². The molecule has 2 aromatic carbocycles. The number of methoxy groups -OCH3 is 3. The van der Waals surface area contributed by atoms with Crippen molar-refractivity contribution in [1.82, 2.24) is 28.7 Å². The number of aliphatic hydroxyl groups is 2. The second-order valence-electron chi connectivity index (χ2n) is 19.3. The molecule has 3 radical (unpaired) electrons. The lowest BCUT2D eigenvalue weighted by atomic mass is 10.1. The van der Waals surface area contributed by atoms with Crippen LogP contribution in [0.4, 0.5) is 17.5 Å². The fraction of sp³-hybridized carbons (Fsp3) is 0.534. The Labute approximate surface area is 529 Å². The van der Waals surface area contributed by atoms with Crippen LogP contribution >= 0.6 is 43.7 Å². The topological polar surface area (TPSA) is 308 Å². The quantitative estimate of drug-likeness (QED) is 0.0169. The Balaban J connectivity index is 0.000000288. The first-order valence-corrected chi connectivity index (χ1v) is 32.3. The van der Waals surface area contributed by atoms with Crippen molar-refractivity contribution >= 4 is 81.3 Å². The number of aromatic nitrogens is 6. The number of rotatable bonds is 27. The van der Waals surface area contributed by atoms with Crippen molar-refractivity contribution in [3.63, 3.8) is 0 Å². The van der Waals surface area contributed by atoms with Crippen LogP contribution in [0, 0.1) is 6.57 Å². The number of carbonyl (C=O) groups excluding carboxylic acids is 2. The molecule has 13 atom stereocenters. The van der Waals surface area contributed by atoms with E-state index >= 15 is 0 Å². The number of ether oxygens (including phenoxy) is 6. The molecule has 479 valence electrons. The molecule has 3 aliphatic rings. The van der Waals surface area contributed by atoms with E-state index in [1.165, 1.54) is 37.2 Å². The molecule has 6 N–H and O–H groups in total. The molecule has 3 aliphatic heterocycles. The highest BCUT2D eigenvalue weighted by Gasteiger charge is 2.48. The van der Waals surface area contributed by atoms with E-state index < -0.39 is 61.3 Å². The van der Waals surface area contributed by atoms with Crippen LogP contribution in [0.3, 0.4) is 0 Å². The van der Waals surface area contributed by atoms with Crippen LogP contribution in [0.15, 0.2) is 112 Å². The molecular formula is C58H81BN10O15PS3. The summed E-state index contributed by atoms with van der Waals surface area (Å²) < 4.78 is 49.2. The van der Waals surface area contributed by atoms with Crippen LogP contribution < -0.4 is 33.4 Å². The normalized spacial score (nSPS) is 23.8. The maximum atomic E-state index is 13.0. The molecule has 0 bridgehead atoms. The van der Waals surface area contributed by atoms with Crippen LogP contribution in [0.1, 0.15) is 84.3 Å². The molecule has 6 heterocycles. The van der Waals surface area contributed by atoms with Crippen LogP contribution in [0.2, 0.25) is 0 Å². The first-order chi connectivity index (χ1) is 41.6. The lowest BCUT2D eigenvalue weighted by Gasteiger charge is -2.28. The smallest absolute Gasteiger partial charge is 0.350 e. The minimum absolute atomic E-state index is 0. The summed E-state index contributed by atoms with van der Waals surface area (Å²) >= 11 is 4.60. The number of nitrogens with two attached hydrogens (primary N) is 1. The van der Waals surface area contributed by atoms with E-state index in [0.29, 0.717) is 57.4 Å². The number of hydrogen-bond donors (Lipinski definition) is 5. The highest BCUT2D eigenvalue weighted by atomic mass is 32.2. The Morgan fingerprint density at radius 2 is 0.977 bits per heavy atom. The number of benzene rings is 2. The number of nitrogens with zero attached hydrogens (tertiary/aromatic N) is 7. The second kappa shape index (κ2) is 38.9. The minimum Gasteiger partial charge on any atom is -0.389 e. The summed E-state index contributed by atoms with van der Waals surface area (Å²) in [4.78, 5) is 77.5. The van der Waals surface area contributed by atoms with E-state index in [0.717, 1.165) is 19.3 Å². The van der Waals surface area contributed by atoms with Crippen molar-refractivity contribution in [3.8, 4) is 0 Å². The van der Waals surface area contributed by atoms with Gasteiger partial charge in [-0.1, -0.05) is 64.6 Å². The molecule has 5 aromatic rings. The minimum atomic E-state index is -1.23. The molecule has 8 rings (SSSR count). The van der Waals surface area contributed by atoms with Gasteiger partial charge in [0.1, 0.15) is 64.6 Å². The van der Waals surface area contributed by atoms with Gasteiger partial charge in [-0.05, 0) is 61.7 Å². The van der Waals surface area contributed by atoms with E-state index in [1.807, 2.05) is 32.6 Å². The zero-order valence-corrected chi connectivity index (χ0v) is 52.9. The van der Waals surface area contributed by atoms with Gasteiger partial charge in [0.2, 0.25) is 6.54 Å². The van der Waals surface area contributed by atoms with E-state index in [2.05, 4.69) is 37.4 Å². The van der Waals surface area contributed by atoms with Crippen molar-refractivity contribution in [2.24, 2.45) is 0 Å². The van der Waals surface area contributed by atoms with Gasteiger partial charge >= 0.3 is 17.1 Å². The third kappa shape index (κ3) is 21.0. The molecule has 3 saturated heterocycles. The van der Waals surface area contributed by atoms with Crippen molar-refractivity contribution in [1.29, 1.82) is 0 Å². The number of hydrogen-bond acceptors (Lipinski definition) is 22. The predicted molar refractivity (Wildman–Crippen MR) is 345 cm³/mol. The monoisotopic (exact) mass is 1300 g/mol. The Bertz CT molecular complexity index is 3120. The van der Waals surface area contributed by atoms with Crippen LogP contribution in [-0.2, 0) is 37.5 Å². The Morgan fingerprint density at radius 3 is 1.36 bits per heavy atom. The molecule has 88 heavy (non-hydrogen) atoms. The van der Waals surface area contributed by atoms with Gasteiger partial charge in [-0.3, -0.25) is 23.3 Å². The molecule has 0 saturated carbocycles. The van der Waals surface area contributed by atoms with Crippen LogP contribution in [-0.4, -0.2) is 192 Å². The third-order valence-corrected chi connectivity index (χ3v) is 19.8. The molecule has 4 unspecified atom stereocenters. The first-order valence-electron chi connectivity index (χ1n) is 27.9. The number of thioether (sulfide) groups is 3. The van der Waals surface area contributed by atoms with E-state index in [9.17, 15) is 34.2 Å². The molecule has 30 heteroatoms. The highest BCUT2D eigenvalue weighted by molar-refractivity contribution is 8.00. The standard InChI is InChI=1S/C24H31N4O6PS.C20H25N3O5S.C13H21N3O4S.CH4.B/c1-5-18-20(34-35(4)33-14-12-25-2)21(32-16-15-31-3)23(36-18)28-13-11-19(27-24(28)30)26-22(29)17-9-7-6-8-10-17;1-3-14-16(24)17(28-12-11-27-2)19(29-14)23-10-9-15(22-20(23)26)21-18(25)13-7-5-4-6-8-13;1-3-8-10(17)11(20-7-6-19-2)12(21-8)16-5-4-9(14)15-13(16)18;;/h6-11,13,18,20-21,23H,5,12,14-16H2,1,3-4H3,(H,26,27,29,30);4-10,14,16-17,19,24H,3,11-12H2,1-2H3,(H,21,22,25,26);4-5,8,10-12,17H,3,6-7H2,1-2H3,(H2,14,15,18);1H4;/t18-,20+,21?,23-,35?;14-,16+,17?,19-;8-,10+,11?,12-;;/m111../s1.